The van der Waals surface area contributed by atoms with Crippen LogP contribution in [0.5, 0.6) is 0 Å². The second-order valence-corrected chi connectivity index (χ2v) is 10.4. The van der Waals surface area contributed by atoms with Crippen LogP contribution in [0, 0.1) is 0 Å². The predicted molar refractivity (Wildman–Crippen MR) is 163 cm³/mol. The molecule has 9 rings (SSSR count). The molecule has 0 unspecified atom stereocenters. The fourth-order valence-corrected chi connectivity index (χ4v) is 7.48. The van der Waals surface area contributed by atoms with Crippen LogP contribution in [0.4, 0.5) is 0 Å². The lowest BCUT2D eigenvalue weighted by Gasteiger charge is -2.14. The molecule has 8 aromatic carbocycles. The molecule has 0 amide bonds. The Bertz CT molecular complexity index is 2460. The van der Waals surface area contributed by atoms with Gasteiger partial charge in [-0.2, -0.15) is 0 Å². The molecule has 38 heavy (non-hydrogen) atoms. The standard InChI is InChI=1S/C35H19NO2/c1-4-16-14-22-18-10-6-8-12-20(18)25-30-27(22)29-24(16)17(5-2)15-23-19-11-7-9-13-21(19)26(31(30)28(23)29)33-32(25)34(37)36(3)35(33)38/h4-15H,1-2H2,3H3. The first-order valence-electron chi connectivity index (χ1n) is 12.8. The van der Waals surface area contributed by atoms with Crippen LogP contribution in [0.25, 0.3) is 98.3 Å². The minimum absolute atomic E-state index is 0.234. The number of aromatic nitrogens is 1. The Hall–Kier alpha value is -5.02. The minimum atomic E-state index is -0.234. The summed E-state index contributed by atoms with van der Waals surface area (Å²) in [6.07, 6.45) is 3.85. The van der Waals surface area contributed by atoms with Gasteiger partial charge in [-0.15, -0.1) is 0 Å². The van der Waals surface area contributed by atoms with Gasteiger partial charge < -0.3 is 0 Å². The molecule has 9 aromatic rings. The zero-order valence-corrected chi connectivity index (χ0v) is 20.6. The molecular weight excluding hydrogens is 466 g/mol. The second kappa shape index (κ2) is 6.27. The molecule has 1 aromatic heterocycles. The summed E-state index contributed by atoms with van der Waals surface area (Å²) in [5.74, 6) is 0. The SMILES string of the molecule is C=Cc1cc2c3ccccc3c3c4c(=O)n(C)c(=O)c4c4c5ccccc5c5cc(C=C)c1c1c2c3c4c51. The maximum Gasteiger partial charge on any atom is 0.261 e. The summed E-state index contributed by atoms with van der Waals surface area (Å²) < 4.78 is 1.28. The van der Waals surface area contributed by atoms with Gasteiger partial charge in [0.25, 0.3) is 11.1 Å². The van der Waals surface area contributed by atoms with Crippen LogP contribution in [-0.4, -0.2) is 4.57 Å². The molecule has 0 bridgehead atoms. The molecule has 0 aliphatic rings. The van der Waals surface area contributed by atoms with Crippen LogP contribution in [-0.2, 0) is 7.05 Å². The van der Waals surface area contributed by atoms with Crippen molar-refractivity contribution in [1.29, 1.82) is 0 Å². The number of fused-ring (bicyclic) bond motifs is 9. The fraction of sp³-hybridized carbons (Fsp3) is 0.0286. The van der Waals surface area contributed by atoms with Crippen molar-refractivity contribution in [3.8, 4) is 0 Å². The third kappa shape index (κ3) is 1.90. The number of rotatable bonds is 2. The number of hydrogen-bond donors (Lipinski definition) is 0. The van der Waals surface area contributed by atoms with Crippen molar-refractivity contribution >= 4 is 98.3 Å². The molecule has 0 radical (unpaired) electrons. The van der Waals surface area contributed by atoms with Crippen LogP contribution >= 0.6 is 0 Å². The Balaban J connectivity index is 1.89. The van der Waals surface area contributed by atoms with Crippen molar-refractivity contribution in [3.05, 3.63) is 106 Å². The first kappa shape index (κ1) is 20.1. The molecule has 176 valence electrons. The molecule has 0 N–H and O–H groups in total. The lowest BCUT2D eigenvalue weighted by atomic mass is 9.88. The lowest BCUT2D eigenvalue weighted by molar-refractivity contribution is 0.857. The topological polar surface area (TPSA) is 39.1 Å². The van der Waals surface area contributed by atoms with Gasteiger partial charge in [-0.1, -0.05) is 73.8 Å². The molecule has 0 fully saturated rings. The van der Waals surface area contributed by atoms with Gasteiger partial charge in [-0.3, -0.25) is 14.2 Å². The lowest BCUT2D eigenvalue weighted by Crippen LogP contribution is -2.21. The first-order valence-corrected chi connectivity index (χ1v) is 12.8. The maximum atomic E-state index is 13.8. The van der Waals surface area contributed by atoms with E-state index in [0.29, 0.717) is 10.8 Å². The Kier molecular flexibility index (Phi) is 3.31. The van der Waals surface area contributed by atoms with E-state index in [4.69, 9.17) is 0 Å². The van der Waals surface area contributed by atoms with Crippen LogP contribution in [0.3, 0.4) is 0 Å². The van der Waals surface area contributed by atoms with Crippen molar-refractivity contribution in [1.82, 2.24) is 4.57 Å². The van der Waals surface area contributed by atoms with E-state index < -0.39 is 0 Å². The van der Waals surface area contributed by atoms with E-state index in [1.54, 1.807) is 7.05 Å². The molecule has 0 aliphatic carbocycles. The van der Waals surface area contributed by atoms with E-state index in [1.807, 2.05) is 36.4 Å². The van der Waals surface area contributed by atoms with E-state index in [2.05, 4.69) is 49.6 Å². The predicted octanol–water partition coefficient (Wildman–Crippen LogP) is 8.01. The average Bonchev–Trinajstić information content (AvgIpc) is 3.42. The molecule has 3 nitrogen and oxygen atoms in total. The van der Waals surface area contributed by atoms with Crippen molar-refractivity contribution in [2.45, 2.75) is 0 Å². The summed E-state index contributed by atoms with van der Waals surface area (Å²) in [6, 6.07) is 21.0. The van der Waals surface area contributed by atoms with Crippen LogP contribution in [0.15, 0.2) is 83.4 Å². The van der Waals surface area contributed by atoms with Gasteiger partial charge in [-0.05, 0) is 77.1 Å². The molecule has 1 heterocycles. The minimum Gasteiger partial charge on any atom is -0.277 e. The molecular formula is C35H19NO2. The zero-order chi connectivity index (χ0) is 25.6. The van der Waals surface area contributed by atoms with Crippen molar-refractivity contribution in [3.63, 3.8) is 0 Å². The number of benzene rings is 7. The van der Waals surface area contributed by atoms with E-state index in [9.17, 15) is 9.59 Å². The van der Waals surface area contributed by atoms with E-state index in [1.165, 1.54) is 9.95 Å². The zero-order valence-electron chi connectivity index (χ0n) is 20.6. The van der Waals surface area contributed by atoms with Gasteiger partial charge in [0.1, 0.15) is 0 Å². The van der Waals surface area contributed by atoms with E-state index in [-0.39, 0.29) is 11.1 Å². The highest BCUT2D eigenvalue weighted by molar-refractivity contribution is 6.55. The van der Waals surface area contributed by atoms with E-state index in [0.717, 1.165) is 81.1 Å². The van der Waals surface area contributed by atoms with E-state index >= 15 is 0 Å². The Labute approximate surface area is 215 Å². The highest BCUT2D eigenvalue weighted by Crippen LogP contribution is 2.55. The first-order chi connectivity index (χ1) is 18.6. The van der Waals surface area contributed by atoms with Crippen molar-refractivity contribution in [2.24, 2.45) is 7.05 Å². The number of hydrogen-bond acceptors (Lipinski definition) is 2. The Morgan fingerprint density at radius 2 is 0.868 bits per heavy atom. The van der Waals surface area contributed by atoms with Gasteiger partial charge in [0, 0.05) is 28.6 Å². The largest absolute Gasteiger partial charge is 0.277 e. The van der Waals surface area contributed by atoms with Gasteiger partial charge in [0.15, 0.2) is 0 Å². The Morgan fingerprint density at radius 1 is 0.500 bits per heavy atom. The maximum absolute atomic E-state index is 13.8. The van der Waals surface area contributed by atoms with Crippen molar-refractivity contribution < 1.29 is 0 Å². The summed E-state index contributed by atoms with van der Waals surface area (Å²) in [5, 5.41) is 16.0. The molecule has 3 heteroatoms. The fourth-order valence-electron chi connectivity index (χ4n) is 7.48. The molecule has 0 atom stereocenters. The molecule has 0 aliphatic heterocycles. The smallest absolute Gasteiger partial charge is 0.261 e. The summed E-state index contributed by atoms with van der Waals surface area (Å²) in [7, 11) is 1.59. The molecule has 0 spiro atoms. The van der Waals surface area contributed by atoms with Gasteiger partial charge in [0.05, 0.1) is 10.8 Å². The molecule has 0 saturated heterocycles. The third-order valence-electron chi connectivity index (χ3n) is 8.92. The van der Waals surface area contributed by atoms with Crippen LogP contribution in [0.1, 0.15) is 11.1 Å². The average molecular weight is 486 g/mol. The number of nitrogens with zero attached hydrogens (tertiary/aromatic N) is 1. The third-order valence-corrected chi connectivity index (χ3v) is 8.92. The highest BCUT2D eigenvalue weighted by Gasteiger charge is 2.30. The summed E-state index contributed by atoms with van der Waals surface area (Å²) in [5.41, 5.74) is 1.65. The Morgan fingerprint density at radius 3 is 1.29 bits per heavy atom. The molecule has 0 saturated carbocycles. The second-order valence-electron chi connectivity index (χ2n) is 10.4. The normalized spacial score (nSPS) is 12.8. The van der Waals surface area contributed by atoms with Crippen LogP contribution in [0.2, 0.25) is 0 Å². The monoisotopic (exact) mass is 485 g/mol. The van der Waals surface area contributed by atoms with Gasteiger partial charge in [-0.25, -0.2) is 0 Å². The van der Waals surface area contributed by atoms with Crippen molar-refractivity contribution in [2.75, 3.05) is 0 Å². The van der Waals surface area contributed by atoms with Gasteiger partial charge >= 0.3 is 0 Å². The van der Waals surface area contributed by atoms with Gasteiger partial charge in [0.2, 0.25) is 0 Å². The highest BCUT2D eigenvalue weighted by atomic mass is 16.2. The summed E-state index contributed by atoms with van der Waals surface area (Å²) in [6.45, 7) is 8.34. The van der Waals surface area contributed by atoms with Crippen LogP contribution < -0.4 is 11.1 Å². The summed E-state index contributed by atoms with van der Waals surface area (Å²) in [4.78, 5) is 27.6. The quantitative estimate of drug-likeness (QED) is 0.233. The summed E-state index contributed by atoms with van der Waals surface area (Å²) >= 11 is 0.